The molecular formula is C20H17Br2NO4. The Bertz CT molecular complexity index is 1000. The van der Waals surface area contributed by atoms with Crippen molar-refractivity contribution in [1.29, 1.82) is 0 Å². The van der Waals surface area contributed by atoms with Gasteiger partial charge < -0.3 is 14.5 Å². The number of esters is 1. The average Bonchev–Trinajstić information content (AvgIpc) is 2.98. The molecule has 0 saturated carbocycles. The van der Waals surface area contributed by atoms with Crippen molar-refractivity contribution in [3.63, 3.8) is 0 Å². The van der Waals surface area contributed by atoms with Gasteiger partial charge in [0.15, 0.2) is 6.61 Å². The summed E-state index contributed by atoms with van der Waals surface area (Å²) in [6, 6.07) is 9.55. The number of aryl methyl sites for hydroxylation is 2. The quantitative estimate of drug-likeness (QED) is 0.488. The first-order chi connectivity index (χ1) is 12.8. The molecular weight excluding hydrogens is 478 g/mol. The lowest BCUT2D eigenvalue weighted by atomic mass is 10.1. The van der Waals surface area contributed by atoms with E-state index < -0.39 is 11.9 Å². The van der Waals surface area contributed by atoms with Gasteiger partial charge in [0.25, 0.3) is 5.91 Å². The second kappa shape index (κ2) is 8.27. The van der Waals surface area contributed by atoms with E-state index in [1.165, 1.54) is 0 Å². The third-order valence-electron chi connectivity index (χ3n) is 3.96. The zero-order valence-corrected chi connectivity index (χ0v) is 17.9. The number of benzene rings is 2. The highest BCUT2D eigenvalue weighted by molar-refractivity contribution is 9.11. The van der Waals surface area contributed by atoms with E-state index in [2.05, 4.69) is 37.2 Å². The van der Waals surface area contributed by atoms with Crippen molar-refractivity contribution in [2.45, 2.75) is 20.3 Å². The third kappa shape index (κ3) is 4.78. The van der Waals surface area contributed by atoms with Gasteiger partial charge in [-0.25, -0.2) is 0 Å². The number of hydrogen-bond acceptors (Lipinski definition) is 4. The normalized spacial score (nSPS) is 10.8. The fourth-order valence-corrected chi connectivity index (χ4v) is 4.29. The van der Waals surface area contributed by atoms with Gasteiger partial charge in [0.1, 0.15) is 5.58 Å². The average molecular weight is 495 g/mol. The van der Waals surface area contributed by atoms with Crippen molar-refractivity contribution >= 4 is 60.4 Å². The van der Waals surface area contributed by atoms with Crippen LogP contribution in [0.5, 0.6) is 0 Å². The summed E-state index contributed by atoms with van der Waals surface area (Å²) in [6.45, 7) is 3.56. The highest BCUT2D eigenvalue weighted by Crippen LogP contribution is 2.32. The van der Waals surface area contributed by atoms with Crippen LogP contribution in [-0.2, 0) is 20.7 Å². The minimum Gasteiger partial charge on any atom is -0.464 e. The van der Waals surface area contributed by atoms with Crippen LogP contribution in [0.3, 0.4) is 0 Å². The fraction of sp³-hybridized carbons (Fsp3) is 0.200. The Morgan fingerprint density at radius 1 is 1.07 bits per heavy atom. The standard InChI is InChI=1S/C20H17Br2NO4/c1-11-3-4-14-13(9-26-17(14)7-11)8-19(25)27-10-18(24)23-20-15(21)5-12(2)6-16(20)22/h3-7,9H,8,10H2,1-2H3,(H,23,24). The van der Waals surface area contributed by atoms with E-state index in [-0.39, 0.29) is 13.0 Å². The molecule has 3 rings (SSSR count). The molecule has 1 aromatic heterocycles. The third-order valence-corrected chi connectivity index (χ3v) is 5.21. The van der Waals surface area contributed by atoms with Gasteiger partial charge in [-0.2, -0.15) is 0 Å². The fourth-order valence-electron chi connectivity index (χ4n) is 2.67. The highest BCUT2D eigenvalue weighted by atomic mass is 79.9. The molecule has 2 aromatic carbocycles. The molecule has 0 saturated heterocycles. The molecule has 0 aliphatic carbocycles. The monoisotopic (exact) mass is 493 g/mol. The Labute approximate surface area is 173 Å². The molecule has 0 atom stereocenters. The number of halogens is 2. The van der Waals surface area contributed by atoms with E-state index in [0.29, 0.717) is 5.69 Å². The van der Waals surface area contributed by atoms with E-state index in [9.17, 15) is 9.59 Å². The molecule has 5 nitrogen and oxygen atoms in total. The van der Waals surface area contributed by atoms with Crippen molar-refractivity contribution < 1.29 is 18.7 Å². The van der Waals surface area contributed by atoms with Crippen LogP contribution in [0.2, 0.25) is 0 Å². The van der Waals surface area contributed by atoms with Gasteiger partial charge in [-0.1, -0.05) is 12.1 Å². The highest BCUT2D eigenvalue weighted by Gasteiger charge is 2.15. The van der Waals surface area contributed by atoms with Crippen LogP contribution in [-0.4, -0.2) is 18.5 Å². The number of rotatable bonds is 5. The second-order valence-electron chi connectivity index (χ2n) is 6.25. The van der Waals surface area contributed by atoms with Crippen LogP contribution in [0.25, 0.3) is 11.0 Å². The van der Waals surface area contributed by atoms with Crippen LogP contribution < -0.4 is 5.32 Å². The summed E-state index contributed by atoms with van der Waals surface area (Å²) >= 11 is 6.82. The smallest absolute Gasteiger partial charge is 0.310 e. The molecule has 0 aliphatic heterocycles. The van der Waals surface area contributed by atoms with Gasteiger partial charge in [0.05, 0.1) is 18.4 Å². The predicted octanol–water partition coefficient (Wildman–Crippen LogP) is 5.30. The Balaban J connectivity index is 1.58. The number of nitrogens with one attached hydrogen (secondary N) is 1. The van der Waals surface area contributed by atoms with E-state index in [1.54, 1.807) is 6.26 Å². The number of amides is 1. The van der Waals surface area contributed by atoms with Crippen LogP contribution in [0.4, 0.5) is 5.69 Å². The maximum Gasteiger partial charge on any atom is 0.310 e. The molecule has 0 spiro atoms. The van der Waals surface area contributed by atoms with Gasteiger partial charge in [-0.3, -0.25) is 9.59 Å². The van der Waals surface area contributed by atoms with Crippen LogP contribution in [0.1, 0.15) is 16.7 Å². The van der Waals surface area contributed by atoms with Gasteiger partial charge in [-0.15, -0.1) is 0 Å². The lowest BCUT2D eigenvalue weighted by Gasteiger charge is -2.11. The summed E-state index contributed by atoms with van der Waals surface area (Å²) in [5, 5.41) is 3.60. The van der Waals surface area contributed by atoms with Gasteiger partial charge in [-0.05, 0) is 75.0 Å². The maximum atomic E-state index is 12.1. The number of fused-ring (bicyclic) bond motifs is 1. The number of ether oxygens (including phenoxy) is 1. The Morgan fingerprint density at radius 2 is 1.78 bits per heavy atom. The largest absolute Gasteiger partial charge is 0.464 e. The van der Waals surface area contributed by atoms with Crippen LogP contribution in [0.15, 0.2) is 50.0 Å². The predicted molar refractivity (Wildman–Crippen MR) is 111 cm³/mol. The number of anilines is 1. The van der Waals surface area contributed by atoms with E-state index in [1.807, 2.05) is 44.2 Å². The van der Waals surface area contributed by atoms with Crippen LogP contribution >= 0.6 is 31.9 Å². The summed E-state index contributed by atoms with van der Waals surface area (Å²) < 4.78 is 12.1. The minimum atomic E-state index is -0.490. The Morgan fingerprint density at radius 3 is 2.48 bits per heavy atom. The Kier molecular flexibility index (Phi) is 6.01. The van der Waals surface area contributed by atoms with Crippen molar-refractivity contribution in [2.75, 3.05) is 11.9 Å². The van der Waals surface area contributed by atoms with Gasteiger partial charge in [0.2, 0.25) is 0 Å². The molecule has 0 bridgehead atoms. The molecule has 1 N–H and O–H groups in total. The van der Waals surface area contributed by atoms with Crippen molar-refractivity contribution in [1.82, 2.24) is 0 Å². The molecule has 7 heteroatoms. The summed E-state index contributed by atoms with van der Waals surface area (Å²) in [4.78, 5) is 24.2. The summed E-state index contributed by atoms with van der Waals surface area (Å²) in [7, 11) is 0. The first-order valence-corrected chi connectivity index (χ1v) is 9.80. The molecule has 1 heterocycles. The SMILES string of the molecule is Cc1cc(Br)c(NC(=O)COC(=O)Cc2coc3cc(C)ccc23)c(Br)c1. The molecule has 1 amide bonds. The van der Waals surface area contributed by atoms with Crippen molar-refractivity contribution in [3.05, 3.63) is 62.2 Å². The lowest BCUT2D eigenvalue weighted by molar-refractivity contribution is -0.146. The van der Waals surface area contributed by atoms with Gasteiger partial charge in [0, 0.05) is 19.9 Å². The molecule has 3 aromatic rings. The molecule has 0 radical (unpaired) electrons. The Hall–Kier alpha value is -2.12. The maximum absolute atomic E-state index is 12.1. The molecule has 27 heavy (non-hydrogen) atoms. The van der Waals surface area contributed by atoms with E-state index in [4.69, 9.17) is 9.15 Å². The van der Waals surface area contributed by atoms with E-state index >= 15 is 0 Å². The molecule has 0 unspecified atom stereocenters. The van der Waals surface area contributed by atoms with Crippen molar-refractivity contribution in [2.24, 2.45) is 0 Å². The summed E-state index contributed by atoms with van der Waals surface area (Å²) in [5.41, 5.74) is 4.18. The molecule has 0 fully saturated rings. The lowest BCUT2D eigenvalue weighted by Crippen LogP contribution is -2.22. The van der Waals surface area contributed by atoms with Crippen molar-refractivity contribution in [3.8, 4) is 0 Å². The number of carbonyl (C=O) groups is 2. The molecule has 0 aliphatic rings. The first kappa shape index (κ1) is 19.6. The zero-order valence-electron chi connectivity index (χ0n) is 14.8. The molecule has 140 valence electrons. The second-order valence-corrected chi connectivity index (χ2v) is 7.96. The van der Waals surface area contributed by atoms with Gasteiger partial charge >= 0.3 is 5.97 Å². The first-order valence-electron chi connectivity index (χ1n) is 8.21. The summed E-state index contributed by atoms with van der Waals surface area (Å²) in [6.07, 6.45) is 1.59. The number of furan rings is 1. The minimum absolute atomic E-state index is 0.0429. The summed E-state index contributed by atoms with van der Waals surface area (Å²) in [5.74, 6) is -0.906. The van der Waals surface area contributed by atoms with Crippen LogP contribution in [0, 0.1) is 13.8 Å². The van der Waals surface area contributed by atoms with E-state index in [0.717, 1.165) is 36.6 Å². The topological polar surface area (TPSA) is 68.5 Å². The zero-order chi connectivity index (χ0) is 19.6. The number of hydrogen-bond donors (Lipinski definition) is 1. The number of carbonyl (C=O) groups excluding carboxylic acids is 2.